The number of amides is 1. The highest BCUT2D eigenvalue weighted by Crippen LogP contribution is 2.26. The van der Waals surface area contributed by atoms with Gasteiger partial charge in [-0.2, -0.15) is 5.26 Å². The molecule has 3 rings (SSSR count). The summed E-state index contributed by atoms with van der Waals surface area (Å²) in [6.45, 7) is 1.81. The number of H-pyrrole nitrogens is 1. The Morgan fingerprint density at radius 2 is 1.79 bits per heavy atom. The number of ether oxygens (including phenoxy) is 1. The number of aromatic nitrogens is 2. The maximum atomic E-state index is 13.0. The molecule has 1 aromatic heterocycles. The Labute approximate surface area is 195 Å². The van der Waals surface area contributed by atoms with E-state index in [4.69, 9.17) is 4.74 Å². The number of nitrogens with one attached hydrogen (secondary N) is 2. The van der Waals surface area contributed by atoms with Gasteiger partial charge in [0.25, 0.3) is 5.56 Å². The second kappa shape index (κ2) is 11.1. The van der Waals surface area contributed by atoms with Gasteiger partial charge < -0.3 is 15.0 Å². The largest absolute Gasteiger partial charge is 0.467 e. The molecular formula is C24H22N4O4S. The number of hydrogen-bond donors (Lipinski definition) is 2. The predicted octanol–water partition coefficient (Wildman–Crippen LogP) is 3.21. The van der Waals surface area contributed by atoms with Crippen molar-refractivity contribution in [3.05, 3.63) is 82.1 Å². The molecule has 8 nitrogen and oxygen atoms in total. The van der Waals surface area contributed by atoms with E-state index in [-0.39, 0.29) is 16.4 Å². The minimum absolute atomic E-state index is 0.0992. The van der Waals surface area contributed by atoms with Crippen LogP contribution in [0.1, 0.15) is 30.5 Å². The zero-order valence-electron chi connectivity index (χ0n) is 18.1. The smallest absolute Gasteiger partial charge is 0.333 e. The van der Waals surface area contributed by atoms with Crippen molar-refractivity contribution in [2.24, 2.45) is 0 Å². The number of benzene rings is 2. The molecule has 0 saturated heterocycles. The highest BCUT2D eigenvalue weighted by molar-refractivity contribution is 8.00. The van der Waals surface area contributed by atoms with E-state index >= 15 is 0 Å². The molecule has 0 aliphatic heterocycles. The van der Waals surface area contributed by atoms with E-state index in [1.54, 1.807) is 48.5 Å². The number of nitrogens with zero attached hydrogens (tertiary/aromatic N) is 2. The minimum Gasteiger partial charge on any atom is -0.467 e. The molecule has 1 amide bonds. The number of aromatic amines is 1. The van der Waals surface area contributed by atoms with Crippen molar-refractivity contribution < 1.29 is 14.3 Å². The van der Waals surface area contributed by atoms with Crippen LogP contribution in [0, 0.1) is 11.3 Å². The van der Waals surface area contributed by atoms with Gasteiger partial charge in [0.05, 0.1) is 18.1 Å². The Morgan fingerprint density at radius 1 is 1.15 bits per heavy atom. The van der Waals surface area contributed by atoms with Gasteiger partial charge in [0.2, 0.25) is 5.91 Å². The van der Waals surface area contributed by atoms with Crippen LogP contribution in [0.15, 0.2) is 70.6 Å². The lowest BCUT2D eigenvalue weighted by Crippen LogP contribution is -2.39. The van der Waals surface area contributed by atoms with E-state index in [9.17, 15) is 19.6 Å². The highest BCUT2D eigenvalue weighted by atomic mass is 32.2. The molecule has 1 heterocycles. The van der Waals surface area contributed by atoms with Gasteiger partial charge in [-0.1, -0.05) is 79.3 Å². The molecule has 0 unspecified atom stereocenters. The number of carbonyl (C=O) groups is 2. The molecule has 2 atom stereocenters. The van der Waals surface area contributed by atoms with Crippen LogP contribution in [0.2, 0.25) is 0 Å². The van der Waals surface area contributed by atoms with Gasteiger partial charge in [-0.25, -0.2) is 9.78 Å². The second-order valence-corrected chi connectivity index (χ2v) is 8.15. The van der Waals surface area contributed by atoms with Crippen molar-refractivity contribution in [3.63, 3.8) is 0 Å². The van der Waals surface area contributed by atoms with Crippen LogP contribution in [0.3, 0.4) is 0 Å². The Bertz CT molecular complexity index is 1220. The number of methoxy groups -OCH3 is 1. The van der Waals surface area contributed by atoms with E-state index in [2.05, 4.69) is 15.3 Å². The number of esters is 1. The van der Waals surface area contributed by atoms with Crippen LogP contribution in [0.4, 0.5) is 0 Å². The summed E-state index contributed by atoms with van der Waals surface area (Å²) in [6, 6.07) is 18.6. The fraction of sp³-hybridized carbons (Fsp3) is 0.208. The second-order valence-electron chi connectivity index (χ2n) is 6.96. The molecule has 168 valence electrons. The summed E-state index contributed by atoms with van der Waals surface area (Å²) in [7, 11) is 1.26. The summed E-state index contributed by atoms with van der Waals surface area (Å²) < 4.78 is 4.85. The van der Waals surface area contributed by atoms with E-state index in [1.807, 2.05) is 25.1 Å². The van der Waals surface area contributed by atoms with Gasteiger partial charge in [0.1, 0.15) is 11.6 Å². The van der Waals surface area contributed by atoms with E-state index < -0.39 is 28.7 Å². The fourth-order valence-electron chi connectivity index (χ4n) is 3.15. The summed E-state index contributed by atoms with van der Waals surface area (Å²) >= 11 is 1.06. The van der Waals surface area contributed by atoms with Gasteiger partial charge in [-0.3, -0.25) is 9.59 Å². The lowest BCUT2D eigenvalue weighted by Gasteiger charge is -2.20. The molecule has 0 bridgehead atoms. The third kappa shape index (κ3) is 5.67. The number of carbonyl (C=O) groups excluding carboxylic acids is 2. The zero-order valence-corrected chi connectivity index (χ0v) is 18.9. The van der Waals surface area contributed by atoms with Crippen LogP contribution >= 0.6 is 11.8 Å². The summed E-state index contributed by atoms with van der Waals surface area (Å²) in [6.07, 6.45) is 0.406. The van der Waals surface area contributed by atoms with E-state index in [1.165, 1.54) is 7.11 Å². The predicted molar refractivity (Wildman–Crippen MR) is 124 cm³/mol. The monoisotopic (exact) mass is 462 g/mol. The first-order valence-electron chi connectivity index (χ1n) is 10.2. The van der Waals surface area contributed by atoms with Gasteiger partial charge in [-0.05, 0) is 12.0 Å². The summed E-state index contributed by atoms with van der Waals surface area (Å²) in [5.41, 5.74) is 0.776. The van der Waals surface area contributed by atoms with Gasteiger partial charge in [0, 0.05) is 5.56 Å². The van der Waals surface area contributed by atoms with Gasteiger partial charge in [-0.15, -0.1) is 0 Å². The van der Waals surface area contributed by atoms with Crippen LogP contribution in [-0.4, -0.2) is 34.2 Å². The Morgan fingerprint density at radius 3 is 2.36 bits per heavy atom. The van der Waals surface area contributed by atoms with Crippen LogP contribution in [0.25, 0.3) is 11.3 Å². The zero-order chi connectivity index (χ0) is 23.8. The first kappa shape index (κ1) is 23.8. The lowest BCUT2D eigenvalue weighted by molar-refractivity contribution is -0.145. The topological polar surface area (TPSA) is 125 Å². The van der Waals surface area contributed by atoms with Gasteiger partial charge in [0.15, 0.2) is 11.2 Å². The lowest BCUT2D eigenvalue weighted by atomic mass is 10.1. The maximum Gasteiger partial charge on any atom is 0.333 e. The molecule has 0 aliphatic rings. The van der Waals surface area contributed by atoms with Crippen molar-refractivity contribution in [2.75, 3.05) is 7.11 Å². The maximum absolute atomic E-state index is 13.0. The van der Waals surface area contributed by atoms with Crippen LogP contribution in [-0.2, 0) is 14.3 Å². The molecule has 33 heavy (non-hydrogen) atoms. The molecular weight excluding hydrogens is 440 g/mol. The van der Waals surface area contributed by atoms with Crippen molar-refractivity contribution in [1.29, 1.82) is 5.26 Å². The first-order chi connectivity index (χ1) is 16.0. The van der Waals surface area contributed by atoms with Crippen molar-refractivity contribution in [3.8, 4) is 17.3 Å². The normalized spacial score (nSPS) is 12.3. The van der Waals surface area contributed by atoms with Crippen molar-refractivity contribution in [2.45, 2.75) is 29.8 Å². The molecule has 0 aliphatic carbocycles. The van der Waals surface area contributed by atoms with Crippen LogP contribution < -0.4 is 10.9 Å². The fourth-order valence-corrected chi connectivity index (χ4v) is 4.06. The average molecular weight is 463 g/mol. The third-order valence-corrected chi connectivity index (χ3v) is 6.08. The standard InChI is InChI=1S/C24H22N4O4S/c1-3-18(22(30)26-20(23(31)32-2)16-12-8-5-9-13-16)33-24-27-19(15-10-6-4-7-11-15)17(14-25)21(29)28-24/h4-13,18,20H,3H2,1-2H3,(H,26,30)(H,27,28,29)/t18-,20-/m0/s1. The SMILES string of the molecule is CC[C@H](Sc1nc(-c2ccccc2)c(C#N)c(=O)[nH]1)C(=O)N[C@H](C(=O)OC)c1ccccc1. The van der Waals surface area contributed by atoms with Gasteiger partial charge >= 0.3 is 5.97 Å². The number of hydrogen-bond acceptors (Lipinski definition) is 7. The molecule has 0 radical (unpaired) electrons. The number of thioether (sulfide) groups is 1. The Hall–Kier alpha value is -3.90. The van der Waals surface area contributed by atoms with E-state index in [0.29, 0.717) is 17.5 Å². The average Bonchev–Trinajstić information content (AvgIpc) is 2.85. The minimum atomic E-state index is -0.966. The molecule has 0 fully saturated rings. The summed E-state index contributed by atoms with van der Waals surface area (Å²) in [5.74, 6) is -0.999. The summed E-state index contributed by atoms with van der Waals surface area (Å²) in [4.78, 5) is 44.9. The highest BCUT2D eigenvalue weighted by Gasteiger charge is 2.28. The Balaban J connectivity index is 1.88. The molecule has 2 N–H and O–H groups in total. The molecule has 0 saturated carbocycles. The number of nitriles is 1. The van der Waals surface area contributed by atoms with Crippen LogP contribution in [0.5, 0.6) is 0 Å². The molecule has 9 heteroatoms. The third-order valence-electron chi connectivity index (χ3n) is 4.83. The Kier molecular flexibility index (Phi) is 8.00. The number of rotatable bonds is 8. The van der Waals surface area contributed by atoms with Crippen molar-refractivity contribution in [1.82, 2.24) is 15.3 Å². The first-order valence-corrected chi connectivity index (χ1v) is 11.1. The molecule has 3 aromatic rings. The quantitative estimate of drug-likeness (QED) is 0.299. The van der Waals surface area contributed by atoms with Crippen molar-refractivity contribution >= 4 is 23.6 Å². The summed E-state index contributed by atoms with van der Waals surface area (Å²) in [5, 5.41) is 11.7. The molecule has 2 aromatic carbocycles. The van der Waals surface area contributed by atoms with E-state index in [0.717, 1.165) is 11.8 Å². The molecule has 0 spiro atoms.